The lowest BCUT2D eigenvalue weighted by atomic mass is 10.0. The second-order valence-corrected chi connectivity index (χ2v) is 4.87. The minimum absolute atomic E-state index is 0.302. The maximum Gasteiger partial charge on any atom is 0.191 e. The summed E-state index contributed by atoms with van der Waals surface area (Å²) in [7, 11) is 0. The molecule has 2 aliphatic heterocycles. The van der Waals surface area contributed by atoms with Gasteiger partial charge in [-0.2, -0.15) is 0 Å². The zero-order valence-corrected chi connectivity index (χ0v) is 10.7. The van der Waals surface area contributed by atoms with E-state index in [9.17, 15) is 0 Å². The highest BCUT2D eigenvalue weighted by Crippen LogP contribution is 2.32. The molecule has 0 saturated carbocycles. The Bertz CT molecular complexity index is 484. The van der Waals surface area contributed by atoms with E-state index in [0.717, 1.165) is 38.3 Å². The number of fused-ring (bicyclic) bond motifs is 1. The number of hydrogen-bond acceptors (Lipinski definition) is 4. The van der Waals surface area contributed by atoms with Crippen molar-refractivity contribution in [2.75, 3.05) is 19.7 Å². The molecule has 1 aromatic rings. The van der Waals surface area contributed by atoms with E-state index in [-0.39, 0.29) is 0 Å². The van der Waals surface area contributed by atoms with Gasteiger partial charge >= 0.3 is 0 Å². The Balaban J connectivity index is 1.86. The Labute approximate surface area is 107 Å². The summed E-state index contributed by atoms with van der Waals surface area (Å²) in [6.45, 7) is 4.71. The van der Waals surface area contributed by atoms with Crippen LogP contribution in [0.1, 0.15) is 30.5 Å². The van der Waals surface area contributed by atoms with E-state index in [0.29, 0.717) is 12.0 Å². The summed E-state index contributed by atoms with van der Waals surface area (Å²) in [4.78, 5) is 6.58. The average Bonchev–Trinajstić information content (AvgIpc) is 2.97. The van der Waals surface area contributed by atoms with Crippen LogP contribution in [0, 0.1) is 0 Å². The van der Waals surface area contributed by atoms with Gasteiger partial charge < -0.3 is 15.4 Å². The number of guanidine groups is 1. The van der Waals surface area contributed by atoms with Crippen LogP contribution in [0.15, 0.2) is 23.2 Å². The van der Waals surface area contributed by atoms with Crippen LogP contribution in [0.5, 0.6) is 5.75 Å². The Hall–Kier alpha value is -1.71. The zero-order valence-electron chi connectivity index (χ0n) is 10.7. The van der Waals surface area contributed by atoms with Gasteiger partial charge in [0.25, 0.3) is 0 Å². The van der Waals surface area contributed by atoms with Crippen molar-refractivity contribution in [3.05, 3.63) is 29.3 Å². The Kier molecular flexibility index (Phi) is 2.86. The highest BCUT2D eigenvalue weighted by Gasteiger charge is 2.27. The van der Waals surface area contributed by atoms with Crippen molar-refractivity contribution < 1.29 is 4.74 Å². The maximum atomic E-state index is 5.96. The molecule has 1 aromatic carbocycles. The Morgan fingerprint density at radius 3 is 3.22 bits per heavy atom. The summed E-state index contributed by atoms with van der Waals surface area (Å²) in [5.74, 6) is 1.71. The quantitative estimate of drug-likeness (QED) is 0.882. The molecule has 0 aliphatic carbocycles. The van der Waals surface area contributed by atoms with Gasteiger partial charge in [0.15, 0.2) is 5.96 Å². The number of ether oxygens (including phenoxy) is 1. The standard InChI is InChI=1S/C14H19N3O/c1-2-6-17-12(9-16-14(17)15)10-3-4-13-11(8-10)5-7-18-13/h3-4,8,12H,2,5-7,9H2,1H3,(H2,15,16). The highest BCUT2D eigenvalue weighted by atomic mass is 16.5. The molecule has 2 heterocycles. The Morgan fingerprint density at radius 1 is 1.50 bits per heavy atom. The van der Waals surface area contributed by atoms with Crippen molar-refractivity contribution >= 4 is 5.96 Å². The first-order chi connectivity index (χ1) is 8.79. The number of hydrogen-bond donors (Lipinski definition) is 1. The topological polar surface area (TPSA) is 50.8 Å². The molecule has 0 fully saturated rings. The van der Waals surface area contributed by atoms with Gasteiger partial charge in [0.1, 0.15) is 5.75 Å². The minimum atomic E-state index is 0.302. The molecule has 0 saturated heterocycles. The predicted molar refractivity (Wildman–Crippen MR) is 71.9 cm³/mol. The summed E-state index contributed by atoms with van der Waals surface area (Å²) in [5, 5.41) is 0. The lowest BCUT2D eigenvalue weighted by Gasteiger charge is -2.26. The van der Waals surface area contributed by atoms with E-state index in [1.54, 1.807) is 0 Å². The van der Waals surface area contributed by atoms with Gasteiger partial charge in [-0.25, -0.2) is 0 Å². The molecular formula is C14H19N3O. The normalized spacial score (nSPS) is 21.7. The fourth-order valence-electron chi connectivity index (χ4n) is 2.74. The third-order valence-corrected chi connectivity index (χ3v) is 3.66. The average molecular weight is 245 g/mol. The second-order valence-electron chi connectivity index (χ2n) is 4.87. The first-order valence-electron chi connectivity index (χ1n) is 6.61. The third kappa shape index (κ3) is 1.82. The first-order valence-corrected chi connectivity index (χ1v) is 6.61. The molecule has 96 valence electrons. The molecular weight excluding hydrogens is 226 g/mol. The summed E-state index contributed by atoms with van der Waals surface area (Å²) in [6.07, 6.45) is 2.10. The van der Waals surface area contributed by atoms with E-state index in [2.05, 4.69) is 35.0 Å². The van der Waals surface area contributed by atoms with Crippen LogP contribution in [-0.2, 0) is 6.42 Å². The van der Waals surface area contributed by atoms with Crippen LogP contribution >= 0.6 is 0 Å². The van der Waals surface area contributed by atoms with Crippen molar-refractivity contribution in [3.63, 3.8) is 0 Å². The third-order valence-electron chi connectivity index (χ3n) is 3.66. The largest absolute Gasteiger partial charge is 0.493 e. The minimum Gasteiger partial charge on any atom is -0.493 e. The van der Waals surface area contributed by atoms with Gasteiger partial charge in [0.2, 0.25) is 0 Å². The van der Waals surface area contributed by atoms with Crippen LogP contribution in [0.3, 0.4) is 0 Å². The van der Waals surface area contributed by atoms with Gasteiger partial charge in [-0.15, -0.1) is 0 Å². The lowest BCUT2D eigenvalue weighted by Crippen LogP contribution is -2.36. The summed E-state index contributed by atoms with van der Waals surface area (Å²) in [5.41, 5.74) is 8.57. The SMILES string of the molecule is CCCN1C(N)=NCC1c1ccc2c(c1)CCO2. The smallest absolute Gasteiger partial charge is 0.191 e. The lowest BCUT2D eigenvalue weighted by molar-refractivity contribution is 0.346. The van der Waals surface area contributed by atoms with Crippen LogP contribution < -0.4 is 10.5 Å². The summed E-state index contributed by atoms with van der Waals surface area (Å²) >= 11 is 0. The van der Waals surface area contributed by atoms with Crippen LogP contribution in [0.4, 0.5) is 0 Å². The first kappa shape index (κ1) is 11.4. The van der Waals surface area contributed by atoms with Crippen LogP contribution in [-0.4, -0.2) is 30.6 Å². The molecule has 0 aromatic heterocycles. The molecule has 2 aliphatic rings. The Morgan fingerprint density at radius 2 is 2.39 bits per heavy atom. The molecule has 0 bridgehead atoms. The molecule has 3 rings (SSSR count). The molecule has 4 heteroatoms. The molecule has 0 amide bonds. The van der Waals surface area contributed by atoms with Gasteiger partial charge in [0, 0.05) is 13.0 Å². The van der Waals surface area contributed by atoms with Gasteiger partial charge in [-0.3, -0.25) is 4.99 Å². The van der Waals surface area contributed by atoms with Gasteiger partial charge in [0.05, 0.1) is 19.2 Å². The number of nitrogens with two attached hydrogens (primary N) is 1. The van der Waals surface area contributed by atoms with E-state index in [1.165, 1.54) is 11.1 Å². The van der Waals surface area contributed by atoms with Crippen molar-refractivity contribution in [1.82, 2.24) is 4.90 Å². The molecule has 18 heavy (non-hydrogen) atoms. The maximum absolute atomic E-state index is 5.96. The summed E-state index contributed by atoms with van der Waals surface area (Å²) < 4.78 is 5.54. The van der Waals surface area contributed by atoms with E-state index < -0.39 is 0 Å². The molecule has 1 atom stereocenters. The van der Waals surface area contributed by atoms with E-state index in [1.807, 2.05) is 0 Å². The number of aliphatic imine (C=N–C) groups is 1. The highest BCUT2D eigenvalue weighted by molar-refractivity contribution is 5.80. The number of benzene rings is 1. The second kappa shape index (κ2) is 4.52. The van der Waals surface area contributed by atoms with Crippen molar-refractivity contribution in [2.24, 2.45) is 10.7 Å². The summed E-state index contributed by atoms with van der Waals surface area (Å²) in [6, 6.07) is 6.78. The monoisotopic (exact) mass is 245 g/mol. The van der Waals surface area contributed by atoms with Gasteiger partial charge in [-0.05, 0) is 29.7 Å². The molecule has 4 nitrogen and oxygen atoms in total. The van der Waals surface area contributed by atoms with Crippen molar-refractivity contribution in [2.45, 2.75) is 25.8 Å². The molecule has 0 spiro atoms. The molecule has 1 unspecified atom stereocenters. The van der Waals surface area contributed by atoms with E-state index in [4.69, 9.17) is 10.5 Å². The molecule has 0 radical (unpaired) electrons. The number of nitrogens with zero attached hydrogens (tertiary/aromatic N) is 2. The number of rotatable bonds is 3. The van der Waals surface area contributed by atoms with E-state index >= 15 is 0 Å². The van der Waals surface area contributed by atoms with Crippen LogP contribution in [0.2, 0.25) is 0 Å². The van der Waals surface area contributed by atoms with Gasteiger partial charge in [-0.1, -0.05) is 13.0 Å². The fraction of sp³-hybridized carbons (Fsp3) is 0.500. The van der Waals surface area contributed by atoms with Crippen molar-refractivity contribution in [3.8, 4) is 5.75 Å². The zero-order chi connectivity index (χ0) is 12.5. The van der Waals surface area contributed by atoms with Crippen molar-refractivity contribution in [1.29, 1.82) is 0 Å². The molecule has 2 N–H and O–H groups in total. The predicted octanol–water partition coefficient (Wildman–Crippen LogP) is 1.70. The van der Waals surface area contributed by atoms with Crippen LogP contribution in [0.25, 0.3) is 0 Å². The fourth-order valence-corrected chi connectivity index (χ4v) is 2.74.